The number of methoxy groups -OCH3 is 1. The molecule has 0 N–H and O–H groups in total. The Balaban J connectivity index is 1.90. The van der Waals surface area contributed by atoms with E-state index in [0.29, 0.717) is 32.1 Å². The predicted molar refractivity (Wildman–Crippen MR) is 55.7 cm³/mol. The van der Waals surface area contributed by atoms with Crippen molar-refractivity contribution < 1.29 is 19.1 Å². The second-order valence-electron chi connectivity index (χ2n) is 4.38. The van der Waals surface area contributed by atoms with E-state index in [9.17, 15) is 9.59 Å². The maximum Gasteiger partial charge on any atom is 0.328 e. The van der Waals surface area contributed by atoms with Gasteiger partial charge in [-0.3, -0.25) is 4.79 Å². The molecule has 0 aromatic heterocycles. The van der Waals surface area contributed by atoms with Crippen LogP contribution in [0.2, 0.25) is 0 Å². The molecule has 90 valence electrons. The fourth-order valence-corrected chi connectivity index (χ4v) is 2.21. The maximum atomic E-state index is 11.9. The number of hydrogen-bond donors (Lipinski definition) is 0. The predicted octanol–water partition coefficient (Wildman–Crippen LogP) is 0.187. The summed E-state index contributed by atoms with van der Waals surface area (Å²) in [6.07, 6.45) is 2.10. The van der Waals surface area contributed by atoms with Crippen LogP contribution in [-0.4, -0.2) is 49.7 Å². The summed E-state index contributed by atoms with van der Waals surface area (Å²) >= 11 is 0. The second kappa shape index (κ2) is 4.82. The Hall–Kier alpha value is -1.10. The van der Waals surface area contributed by atoms with Gasteiger partial charge in [-0.15, -0.1) is 0 Å². The minimum Gasteiger partial charge on any atom is -0.467 e. The number of nitrogens with zero attached hydrogens (tertiary/aromatic N) is 1. The highest BCUT2D eigenvalue weighted by Gasteiger charge is 2.36. The lowest BCUT2D eigenvalue weighted by atomic mass is 10.0. The molecule has 0 aromatic carbocycles. The van der Waals surface area contributed by atoms with Crippen LogP contribution in [0.3, 0.4) is 0 Å². The van der Waals surface area contributed by atoms with Crippen molar-refractivity contribution in [2.45, 2.75) is 25.3 Å². The van der Waals surface area contributed by atoms with Crippen molar-refractivity contribution in [3.8, 4) is 0 Å². The number of ether oxygens (including phenoxy) is 2. The number of carbonyl (C=O) groups excluding carboxylic acids is 2. The van der Waals surface area contributed by atoms with Gasteiger partial charge in [0.15, 0.2) is 0 Å². The molecule has 1 atom stereocenters. The van der Waals surface area contributed by atoms with E-state index in [0.717, 1.165) is 12.8 Å². The molecule has 0 aliphatic carbocycles. The van der Waals surface area contributed by atoms with Crippen LogP contribution in [-0.2, 0) is 19.1 Å². The Morgan fingerprint density at radius 2 is 2.19 bits per heavy atom. The molecule has 0 spiro atoms. The van der Waals surface area contributed by atoms with E-state index in [-0.39, 0.29) is 17.9 Å². The molecule has 5 nitrogen and oxygen atoms in total. The van der Waals surface area contributed by atoms with Crippen LogP contribution in [0, 0.1) is 5.92 Å². The van der Waals surface area contributed by atoms with Crippen LogP contribution in [0.25, 0.3) is 0 Å². The SMILES string of the molecule is COC(=O)C1CCCN1C(=O)CC1COC1. The van der Waals surface area contributed by atoms with Crippen LogP contribution in [0.15, 0.2) is 0 Å². The van der Waals surface area contributed by atoms with Crippen LogP contribution in [0.5, 0.6) is 0 Å². The largest absolute Gasteiger partial charge is 0.467 e. The van der Waals surface area contributed by atoms with Crippen LogP contribution in [0.4, 0.5) is 0 Å². The summed E-state index contributed by atoms with van der Waals surface area (Å²) in [6, 6.07) is -0.363. The highest BCUT2D eigenvalue weighted by atomic mass is 16.5. The first-order valence-electron chi connectivity index (χ1n) is 5.67. The molecule has 2 rings (SSSR count). The quantitative estimate of drug-likeness (QED) is 0.646. The average Bonchev–Trinajstić information content (AvgIpc) is 2.70. The fraction of sp³-hybridized carbons (Fsp3) is 0.818. The number of carbonyl (C=O) groups is 2. The number of rotatable bonds is 3. The molecular weight excluding hydrogens is 210 g/mol. The van der Waals surface area contributed by atoms with Gasteiger partial charge in [-0.1, -0.05) is 0 Å². The normalized spacial score (nSPS) is 25.3. The molecule has 0 saturated carbocycles. The van der Waals surface area contributed by atoms with E-state index in [4.69, 9.17) is 9.47 Å². The van der Waals surface area contributed by atoms with Gasteiger partial charge in [-0.25, -0.2) is 4.79 Å². The fourth-order valence-electron chi connectivity index (χ4n) is 2.21. The summed E-state index contributed by atoms with van der Waals surface area (Å²) in [5.41, 5.74) is 0. The van der Waals surface area contributed by atoms with Gasteiger partial charge in [-0.05, 0) is 12.8 Å². The molecule has 0 bridgehead atoms. The van der Waals surface area contributed by atoms with Gasteiger partial charge in [0.25, 0.3) is 0 Å². The zero-order valence-corrected chi connectivity index (χ0v) is 9.48. The van der Waals surface area contributed by atoms with Gasteiger partial charge < -0.3 is 14.4 Å². The number of esters is 1. The van der Waals surface area contributed by atoms with Crippen molar-refractivity contribution in [3.05, 3.63) is 0 Å². The highest BCUT2D eigenvalue weighted by Crippen LogP contribution is 2.22. The zero-order chi connectivity index (χ0) is 11.5. The highest BCUT2D eigenvalue weighted by molar-refractivity contribution is 5.85. The lowest BCUT2D eigenvalue weighted by Gasteiger charge is -2.29. The Bertz CT molecular complexity index is 288. The van der Waals surface area contributed by atoms with Crippen LogP contribution >= 0.6 is 0 Å². The van der Waals surface area contributed by atoms with Gasteiger partial charge in [0.05, 0.1) is 20.3 Å². The van der Waals surface area contributed by atoms with Gasteiger partial charge in [-0.2, -0.15) is 0 Å². The first kappa shape index (κ1) is 11.4. The Kier molecular flexibility index (Phi) is 3.43. The molecule has 2 saturated heterocycles. The molecule has 0 radical (unpaired) electrons. The third kappa shape index (κ3) is 2.19. The molecule has 1 unspecified atom stereocenters. The van der Waals surface area contributed by atoms with E-state index >= 15 is 0 Å². The van der Waals surface area contributed by atoms with Crippen molar-refractivity contribution in [2.24, 2.45) is 5.92 Å². The third-order valence-electron chi connectivity index (χ3n) is 3.22. The molecular formula is C11H17NO4. The maximum absolute atomic E-state index is 11.9. The summed E-state index contributed by atoms with van der Waals surface area (Å²) < 4.78 is 9.73. The van der Waals surface area contributed by atoms with E-state index in [1.165, 1.54) is 7.11 Å². The molecule has 2 aliphatic heterocycles. The van der Waals surface area contributed by atoms with Crippen molar-refractivity contribution in [1.29, 1.82) is 0 Å². The Labute approximate surface area is 94.7 Å². The van der Waals surface area contributed by atoms with Crippen LogP contribution < -0.4 is 0 Å². The number of amides is 1. The zero-order valence-electron chi connectivity index (χ0n) is 9.48. The Morgan fingerprint density at radius 3 is 2.75 bits per heavy atom. The van der Waals surface area contributed by atoms with E-state index in [1.54, 1.807) is 4.90 Å². The van der Waals surface area contributed by atoms with E-state index < -0.39 is 0 Å². The summed E-state index contributed by atoms with van der Waals surface area (Å²) in [7, 11) is 1.36. The van der Waals surface area contributed by atoms with E-state index in [1.807, 2.05) is 0 Å². The second-order valence-corrected chi connectivity index (χ2v) is 4.38. The smallest absolute Gasteiger partial charge is 0.328 e. The van der Waals surface area contributed by atoms with Gasteiger partial charge in [0, 0.05) is 18.9 Å². The van der Waals surface area contributed by atoms with Crippen molar-refractivity contribution in [3.63, 3.8) is 0 Å². The van der Waals surface area contributed by atoms with Crippen molar-refractivity contribution in [1.82, 2.24) is 4.90 Å². The standard InChI is InChI=1S/C11H17NO4/c1-15-11(14)9-3-2-4-12(9)10(13)5-8-6-16-7-8/h8-9H,2-7H2,1H3. The molecule has 16 heavy (non-hydrogen) atoms. The summed E-state index contributed by atoms with van der Waals surface area (Å²) in [6.45, 7) is 2.01. The number of hydrogen-bond acceptors (Lipinski definition) is 4. The third-order valence-corrected chi connectivity index (χ3v) is 3.22. The Morgan fingerprint density at radius 1 is 1.44 bits per heavy atom. The summed E-state index contributed by atoms with van der Waals surface area (Å²) in [4.78, 5) is 25.1. The molecule has 1 amide bonds. The average molecular weight is 227 g/mol. The van der Waals surface area contributed by atoms with Gasteiger partial charge in [0.1, 0.15) is 6.04 Å². The minimum atomic E-state index is -0.363. The first-order chi connectivity index (χ1) is 7.72. The number of likely N-dealkylation sites (tertiary alicyclic amines) is 1. The van der Waals surface area contributed by atoms with Gasteiger partial charge in [0.2, 0.25) is 5.91 Å². The summed E-state index contributed by atoms with van der Waals surface area (Å²) in [5, 5.41) is 0. The lowest BCUT2D eigenvalue weighted by molar-refractivity contribution is -0.152. The minimum absolute atomic E-state index is 0.0567. The van der Waals surface area contributed by atoms with E-state index in [2.05, 4.69) is 0 Å². The molecule has 2 heterocycles. The lowest BCUT2D eigenvalue weighted by Crippen LogP contribution is -2.43. The first-order valence-corrected chi connectivity index (χ1v) is 5.67. The topological polar surface area (TPSA) is 55.8 Å². The molecule has 2 aliphatic rings. The summed E-state index contributed by atoms with van der Waals surface area (Å²) in [5.74, 6) is 0.100. The molecule has 0 aromatic rings. The molecule has 2 fully saturated rings. The molecule has 5 heteroatoms. The van der Waals surface area contributed by atoms with Gasteiger partial charge >= 0.3 is 5.97 Å². The monoisotopic (exact) mass is 227 g/mol. The van der Waals surface area contributed by atoms with Crippen LogP contribution in [0.1, 0.15) is 19.3 Å². The van der Waals surface area contributed by atoms with Crippen molar-refractivity contribution in [2.75, 3.05) is 26.9 Å². The van der Waals surface area contributed by atoms with Crippen molar-refractivity contribution >= 4 is 11.9 Å².